The summed E-state index contributed by atoms with van der Waals surface area (Å²) >= 11 is 5.42. The van der Waals surface area contributed by atoms with Crippen molar-refractivity contribution in [3.05, 3.63) is 200 Å². The molecule has 5 heteroatoms. The van der Waals surface area contributed by atoms with Gasteiger partial charge in [-0.25, -0.2) is 0 Å². The van der Waals surface area contributed by atoms with Crippen LogP contribution in [0.4, 0.5) is 34.1 Å². The van der Waals surface area contributed by atoms with Crippen molar-refractivity contribution in [2.24, 2.45) is 0 Å². The monoisotopic (exact) mass is 761 g/mol. The quantitative estimate of drug-likeness (QED) is 0.162. The molecule has 0 N–H and O–H groups in total. The summed E-state index contributed by atoms with van der Waals surface area (Å²) < 4.78 is 5.07. The highest BCUT2D eigenvalue weighted by Crippen LogP contribution is 2.46. The molecular weight excluding hydrogens is 719 g/mol. The average Bonchev–Trinajstić information content (AvgIpc) is 3.83. The molecule has 10 rings (SSSR count). The van der Waals surface area contributed by atoms with E-state index in [2.05, 4.69) is 227 Å². The van der Waals surface area contributed by atoms with Crippen LogP contribution in [0.25, 0.3) is 47.7 Å². The van der Waals surface area contributed by atoms with E-state index in [1.807, 2.05) is 25.2 Å². The molecule has 0 atom stereocenters. The standard InChI is InChI=1S/C48H33N3S.C2H6.CH4S/c1-5-15-34(16-6-1)49(35-17-7-2-8-18-35)38-25-27-39(28-26-38)51-44-31-29-40(50(36-19-9-3-10-20-36)37-21-11-4-12-22-37)33-43(44)47-45(51)32-30-42-41-23-13-14-24-46(41)52-48(42)47;2*1-2/h1-33H;1-2H3;2H,1H3. The molecule has 0 aliphatic rings. The number of aromatic nitrogens is 1. The predicted octanol–water partition coefficient (Wildman–Crippen LogP) is 15.7. The van der Waals surface area contributed by atoms with Gasteiger partial charge in [-0.1, -0.05) is 111 Å². The van der Waals surface area contributed by atoms with Gasteiger partial charge in [0.1, 0.15) is 0 Å². The second kappa shape index (κ2) is 16.6. The Kier molecular flexibility index (Phi) is 10.9. The van der Waals surface area contributed by atoms with Gasteiger partial charge in [-0.3, -0.25) is 0 Å². The lowest BCUT2D eigenvalue weighted by Crippen LogP contribution is -2.10. The fourth-order valence-electron chi connectivity index (χ4n) is 7.64. The minimum absolute atomic E-state index is 1.11. The number of thiol groups is 1. The number of hydrogen-bond donors (Lipinski definition) is 1. The number of nitrogens with zero attached hydrogens (tertiary/aromatic N) is 3. The highest BCUT2D eigenvalue weighted by molar-refractivity contribution is 7.79. The van der Waals surface area contributed by atoms with Gasteiger partial charge in [-0.05, 0) is 109 Å². The predicted molar refractivity (Wildman–Crippen MR) is 249 cm³/mol. The van der Waals surface area contributed by atoms with Gasteiger partial charge < -0.3 is 14.4 Å². The smallest absolute Gasteiger partial charge is 0.0555 e. The van der Waals surface area contributed by atoms with Crippen molar-refractivity contribution in [2.45, 2.75) is 13.8 Å². The Bertz CT molecular complexity index is 2750. The van der Waals surface area contributed by atoms with Crippen LogP contribution >= 0.6 is 24.0 Å². The van der Waals surface area contributed by atoms with E-state index in [-0.39, 0.29) is 0 Å². The van der Waals surface area contributed by atoms with Crippen LogP contribution in [0.15, 0.2) is 200 Å². The third kappa shape index (κ3) is 6.70. The van der Waals surface area contributed by atoms with Gasteiger partial charge in [-0.2, -0.15) is 12.6 Å². The number of anilines is 6. The Morgan fingerprint density at radius 3 is 1.36 bits per heavy atom. The Labute approximate surface area is 338 Å². The third-order valence-corrected chi connectivity index (χ3v) is 11.1. The first kappa shape index (κ1) is 36.7. The van der Waals surface area contributed by atoms with E-state index in [1.165, 1.54) is 42.0 Å². The maximum Gasteiger partial charge on any atom is 0.0555 e. The molecule has 0 unspecified atom stereocenters. The number of hydrogen-bond acceptors (Lipinski definition) is 4. The minimum atomic E-state index is 1.11. The van der Waals surface area contributed by atoms with E-state index in [4.69, 9.17) is 0 Å². The summed E-state index contributed by atoms with van der Waals surface area (Å²) in [6.45, 7) is 4.00. The van der Waals surface area contributed by atoms with Crippen molar-refractivity contribution in [3.63, 3.8) is 0 Å². The SMILES string of the molecule is CC.CS.c1ccc(N(c2ccccc2)c2ccc(-n3c4ccc(N(c5ccccc5)c5ccccc5)cc4c4c5sc6ccccc6c5ccc43)cc2)cc1. The number of thiophene rings is 1. The molecular formula is C51H43N3S2. The zero-order valence-electron chi connectivity index (χ0n) is 31.7. The lowest BCUT2D eigenvalue weighted by molar-refractivity contribution is 1.17. The molecule has 0 saturated carbocycles. The van der Waals surface area contributed by atoms with E-state index in [9.17, 15) is 0 Å². The topological polar surface area (TPSA) is 11.4 Å². The number of para-hydroxylation sites is 4. The minimum Gasteiger partial charge on any atom is -0.311 e. The van der Waals surface area contributed by atoms with E-state index in [1.54, 1.807) is 6.26 Å². The summed E-state index contributed by atoms with van der Waals surface area (Å²) in [5, 5.41) is 5.14. The van der Waals surface area contributed by atoms with Crippen molar-refractivity contribution in [2.75, 3.05) is 16.1 Å². The lowest BCUT2D eigenvalue weighted by atomic mass is 10.1. The molecule has 274 valence electrons. The Morgan fingerprint density at radius 2 is 0.821 bits per heavy atom. The molecule has 2 heterocycles. The van der Waals surface area contributed by atoms with Crippen LogP contribution in [0.5, 0.6) is 0 Å². The lowest BCUT2D eigenvalue weighted by Gasteiger charge is -2.26. The summed E-state index contributed by atoms with van der Waals surface area (Å²) in [5.41, 5.74) is 10.2. The molecule has 0 saturated heterocycles. The molecule has 0 spiro atoms. The molecule has 3 nitrogen and oxygen atoms in total. The van der Waals surface area contributed by atoms with Gasteiger partial charge in [0.15, 0.2) is 0 Å². The largest absolute Gasteiger partial charge is 0.311 e. The van der Waals surface area contributed by atoms with Crippen molar-refractivity contribution in [3.8, 4) is 5.69 Å². The summed E-state index contributed by atoms with van der Waals surface area (Å²) in [4.78, 5) is 4.66. The van der Waals surface area contributed by atoms with Gasteiger partial charge in [0, 0.05) is 70.8 Å². The van der Waals surface area contributed by atoms with Crippen LogP contribution in [0.3, 0.4) is 0 Å². The molecule has 0 amide bonds. The van der Waals surface area contributed by atoms with Crippen LogP contribution < -0.4 is 9.80 Å². The van der Waals surface area contributed by atoms with Crippen LogP contribution in [0.1, 0.15) is 13.8 Å². The fourth-order valence-corrected chi connectivity index (χ4v) is 8.90. The van der Waals surface area contributed by atoms with Crippen molar-refractivity contribution in [1.82, 2.24) is 4.57 Å². The van der Waals surface area contributed by atoms with Gasteiger partial charge >= 0.3 is 0 Å². The average molecular weight is 762 g/mol. The number of benzene rings is 8. The molecule has 8 aromatic carbocycles. The van der Waals surface area contributed by atoms with Gasteiger partial charge in [0.2, 0.25) is 0 Å². The highest BCUT2D eigenvalue weighted by Gasteiger charge is 2.21. The van der Waals surface area contributed by atoms with E-state index < -0.39 is 0 Å². The first-order chi connectivity index (χ1) is 27.8. The summed E-state index contributed by atoms with van der Waals surface area (Å²) in [6, 6.07) is 71.8. The van der Waals surface area contributed by atoms with E-state index >= 15 is 0 Å². The first-order valence-electron chi connectivity index (χ1n) is 19.1. The summed E-state index contributed by atoms with van der Waals surface area (Å²) in [7, 11) is 0. The van der Waals surface area contributed by atoms with Crippen molar-refractivity contribution >= 4 is 100 Å². The highest BCUT2D eigenvalue weighted by atomic mass is 32.1. The summed E-state index contributed by atoms with van der Waals surface area (Å²) in [5.74, 6) is 0. The fraction of sp³-hybridized carbons (Fsp3) is 0.0588. The van der Waals surface area contributed by atoms with Crippen molar-refractivity contribution in [1.29, 1.82) is 0 Å². The molecule has 0 aliphatic heterocycles. The van der Waals surface area contributed by atoms with Gasteiger partial charge in [0.05, 0.1) is 11.0 Å². The normalized spacial score (nSPS) is 10.9. The maximum absolute atomic E-state index is 3.53. The van der Waals surface area contributed by atoms with E-state index in [0.29, 0.717) is 0 Å². The Balaban J connectivity index is 0.00000107. The van der Waals surface area contributed by atoms with Crippen LogP contribution in [-0.2, 0) is 0 Å². The molecule has 0 radical (unpaired) electrons. The second-order valence-electron chi connectivity index (χ2n) is 13.0. The van der Waals surface area contributed by atoms with Crippen molar-refractivity contribution < 1.29 is 0 Å². The molecule has 10 aromatic rings. The number of fused-ring (bicyclic) bond motifs is 7. The zero-order valence-corrected chi connectivity index (χ0v) is 33.5. The Morgan fingerprint density at radius 1 is 0.393 bits per heavy atom. The van der Waals surface area contributed by atoms with Crippen LogP contribution in [0.2, 0.25) is 0 Å². The van der Waals surface area contributed by atoms with E-state index in [0.717, 1.165) is 39.8 Å². The molecule has 0 aliphatic carbocycles. The van der Waals surface area contributed by atoms with Crippen LogP contribution in [0, 0.1) is 0 Å². The van der Waals surface area contributed by atoms with Gasteiger partial charge in [0.25, 0.3) is 0 Å². The number of rotatable bonds is 7. The molecule has 0 bridgehead atoms. The Hall–Kier alpha value is -6.27. The molecule has 0 fully saturated rings. The zero-order chi connectivity index (χ0) is 38.4. The molecule has 2 aromatic heterocycles. The molecule has 56 heavy (non-hydrogen) atoms. The summed E-state index contributed by atoms with van der Waals surface area (Å²) in [6.07, 6.45) is 1.69. The third-order valence-electron chi connectivity index (χ3n) is 9.94. The van der Waals surface area contributed by atoms with Crippen LogP contribution in [-0.4, -0.2) is 10.8 Å². The van der Waals surface area contributed by atoms with Gasteiger partial charge in [-0.15, -0.1) is 11.3 Å². The first-order valence-corrected chi connectivity index (χ1v) is 20.8. The second-order valence-corrected chi connectivity index (χ2v) is 14.1. The maximum atomic E-state index is 3.53.